The Labute approximate surface area is 176 Å². The van der Waals surface area contributed by atoms with Crippen molar-refractivity contribution in [2.24, 2.45) is 17.3 Å². The maximum absolute atomic E-state index is 12.8. The van der Waals surface area contributed by atoms with E-state index in [0.29, 0.717) is 23.3 Å². The molecule has 2 aliphatic heterocycles. The molecule has 1 saturated carbocycles. The van der Waals surface area contributed by atoms with Crippen molar-refractivity contribution in [3.8, 4) is 0 Å². The molecule has 3 fully saturated rings. The maximum atomic E-state index is 12.8. The summed E-state index contributed by atoms with van der Waals surface area (Å²) >= 11 is 0. The second-order valence-corrected chi connectivity index (χ2v) is 9.94. The second-order valence-electron chi connectivity index (χ2n) is 9.94. The third-order valence-corrected chi connectivity index (χ3v) is 7.76. The minimum absolute atomic E-state index is 0.181. The van der Waals surface area contributed by atoms with Gasteiger partial charge in [-0.05, 0) is 81.1 Å². The van der Waals surface area contributed by atoms with E-state index in [2.05, 4.69) is 40.0 Å². The number of rotatable bonds is 7. The average Bonchev–Trinajstić information content (AvgIpc) is 3.55. The van der Waals surface area contributed by atoms with Crippen molar-refractivity contribution >= 4 is 5.91 Å². The predicted octanol–water partition coefficient (Wildman–Crippen LogP) is 3.31. The van der Waals surface area contributed by atoms with Crippen LogP contribution in [-0.4, -0.2) is 59.5 Å². The molecule has 1 amide bonds. The number of nitrogens with zero attached hydrogens (tertiary/aromatic N) is 3. The topological polar surface area (TPSA) is 48.5 Å². The molecule has 1 N–H and O–H groups in total. The molecule has 0 spiro atoms. The van der Waals surface area contributed by atoms with Crippen LogP contribution in [-0.2, 0) is 11.3 Å². The summed E-state index contributed by atoms with van der Waals surface area (Å²) in [7, 11) is 0. The van der Waals surface area contributed by atoms with Crippen LogP contribution < -0.4 is 5.32 Å². The van der Waals surface area contributed by atoms with Gasteiger partial charge in [-0.15, -0.1) is 0 Å². The van der Waals surface area contributed by atoms with Gasteiger partial charge in [0.1, 0.15) is 0 Å². The number of amides is 1. The molecule has 0 aromatic carbocycles. The van der Waals surface area contributed by atoms with Crippen molar-refractivity contribution in [3.05, 3.63) is 30.1 Å². The Hall–Kier alpha value is -1.46. The number of carbonyl (C=O) groups excluding carboxylic acids is 1. The molecule has 3 heterocycles. The van der Waals surface area contributed by atoms with Crippen LogP contribution in [0.3, 0.4) is 0 Å². The molecular formula is C24H38N4O. The minimum atomic E-state index is 0.181. The molecule has 160 valence electrons. The van der Waals surface area contributed by atoms with E-state index in [1.165, 1.54) is 31.2 Å². The van der Waals surface area contributed by atoms with Gasteiger partial charge >= 0.3 is 0 Å². The van der Waals surface area contributed by atoms with Gasteiger partial charge in [0, 0.05) is 38.1 Å². The van der Waals surface area contributed by atoms with Crippen molar-refractivity contribution in [1.29, 1.82) is 0 Å². The van der Waals surface area contributed by atoms with Gasteiger partial charge in [-0.3, -0.25) is 19.6 Å². The summed E-state index contributed by atoms with van der Waals surface area (Å²) in [4.78, 5) is 22.2. The number of piperidine rings is 2. The fraction of sp³-hybridized carbons (Fsp3) is 0.750. The van der Waals surface area contributed by atoms with Crippen LogP contribution in [0.4, 0.5) is 0 Å². The van der Waals surface area contributed by atoms with Crippen molar-refractivity contribution in [3.63, 3.8) is 0 Å². The summed E-state index contributed by atoms with van der Waals surface area (Å²) in [6, 6.07) is 4.83. The lowest BCUT2D eigenvalue weighted by molar-refractivity contribution is -0.127. The van der Waals surface area contributed by atoms with Crippen molar-refractivity contribution < 1.29 is 4.79 Å². The predicted molar refractivity (Wildman–Crippen MR) is 116 cm³/mol. The highest BCUT2D eigenvalue weighted by Crippen LogP contribution is 2.51. The van der Waals surface area contributed by atoms with E-state index >= 15 is 0 Å². The molecule has 1 aromatic heterocycles. The van der Waals surface area contributed by atoms with Crippen LogP contribution in [0, 0.1) is 17.3 Å². The number of likely N-dealkylation sites (tertiary alicyclic amines) is 2. The van der Waals surface area contributed by atoms with E-state index in [9.17, 15) is 4.79 Å². The molecule has 5 nitrogen and oxygen atoms in total. The number of carbonyl (C=O) groups is 1. The lowest BCUT2D eigenvalue weighted by atomic mass is 9.91. The van der Waals surface area contributed by atoms with Gasteiger partial charge in [0.2, 0.25) is 5.91 Å². The van der Waals surface area contributed by atoms with E-state index in [1.807, 2.05) is 18.5 Å². The molecule has 0 radical (unpaired) electrons. The number of hydrogen-bond acceptors (Lipinski definition) is 4. The molecule has 0 bridgehead atoms. The van der Waals surface area contributed by atoms with Gasteiger partial charge in [0.05, 0.1) is 5.92 Å². The summed E-state index contributed by atoms with van der Waals surface area (Å²) in [6.07, 6.45) is 11.0. The monoisotopic (exact) mass is 398 g/mol. The average molecular weight is 399 g/mol. The lowest BCUT2D eigenvalue weighted by Gasteiger charge is -2.42. The summed E-state index contributed by atoms with van der Waals surface area (Å²) in [5.41, 5.74) is 1.70. The van der Waals surface area contributed by atoms with Crippen molar-refractivity contribution in [1.82, 2.24) is 20.1 Å². The Kier molecular flexibility index (Phi) is 6.55. The molecule has 1 aromatic rings. The fourth-order valence-corrected chi connectivity index (χ4v) is 5.27. The van der Waals surface area contributed by atoms with E-state index < -0.39 is 0 Å². The van der Waals surface area contributed by atoms with Gasteiger partial charge in [0.25, 0.3) is 0 Å². The van der Waals surface area contributed by atoms with Gasteiger partial charge in [-0.2, -0.15) is 0 Å². The molecular weight excluding hydrogens is 360 g/mol. The standard InChI is InChI=1S/C24H38N4O/c1-19(2)24(9-10-24)18-26-23(29)21-6-4-12-28(17-21)22-7-13-27(14-8-22)16-20-5-3-11-25-15-20/h3,5,11,15,19,21-22H,4,6-10,12-14,16-18H2,1-2H3,(H,26,29). The van der Waals surface area contributed by atoms with E-state index in [-0.39, 0.29) is 5.92 Å². The van der Waals surface area contributed by atoms with E-state index in [1.54, 1.807) is 0 Å². The minimum Gasteiger partial charge on any atom is -0.355 e. The van der Waals surface area contributed by atoms with E-state index in [0.717, 1.165) is 52.1 Å². The molecule has 5 heteroatoms. The second kappa shape index (κ2) is 9.13. The van der Waals surface area contributed by atoms with E-state index in [4.69, 9.17) is 0 Å². The van der Waals surface area contributed by atoms with Crippen LogP contribution in [0.5, 0.6) is 0 Å². The summed E-state index contributed by atoms with van der Waals surface area (Å²) in [6.45, 7) is 10.9. The zero-order valence-electron chi connectivity index (χ0n) is 18.3. The summed E-state index contributed by atoms with van der Waals surface area (Å²) in [5.74, 6) is 1.15. The molecule has 4 rings (SSSR count). The third kappa shape index (κ3) is 5.18. The first-order valence-electron chi connectivity index (χ1n) is 11.7. The Bertz CT molecular complexity index is 665. The Morgan fingerprint density at radius 3 is 2.69 bits per heavy atom. The first kappa shape index (κ1) is 20.8. The smallest absolute Gasteiger partial charge is 0.224 e. The maximum Gasteiger partial charge on any atom is 0.224 e. The largest absolute Gasteiger partial charge is 0.355 e. The highest BCUT2D eigenvalue weighted by Gasteiger charge is 2.45. The SMILES string of the molecule is CC(C)C1(CNC(=O)C2CCCN(C3CCN(Cc4cccnc4)CC3)C2)CC1. The normalized spacial score (nSPS) is 25.8. The summed E-state index contributed by atoms with van der Waals surface area (Å²) in [5, 5.41) is 3.31. The third-order valence-electron chi connectivity index (χ3n) is 7.76. The van der Waals surface area contributed by atoms with Crippen LogP contribution in [0.1, 0.15) is 57.9 Å². The first-order chi connectivity index (χ1) is 14.1. The van der Waals surface area contributed by atoms with Gasteiger partial charge in [0.15, 0.2) is 0 Å². The van der Waals surface area contributed by atoms with Gasteiger partial charge in [-0.1, -0.05) is 19.9 Å². The van der Waals surface area contributed by atoms with Crippen molar-refractivity contribution in [2.75, 3.05) is 32.7 Å². The van der Waals surface area contributed by atoms with Gasteiger partial charge in [-0.25, -0.2) is 0 Å². The number of aromatic nitrogens is 1. The van der Waals surface area contributed by atoms with Crippen LogP contribution in [0.2, 0.25) is 0 Å². The Morgan fingerprint density at radius 1 is 1.24 bits per heavy atom. The molecule has 1 atom stereocenters. The zero-order chi connectivity index (χ0) is 20.3. The Morgan fingerprint density at radius 2 is 2.03 bits per heavy atom. The molecule has 3 aliphatic rings. The number of nitrogens with one attached hydrogen (secondary N) is 1. The van der Waals surface area contributed by atoms with Crippen molar-refractivity contribution in [2.45, 2.75) is 65.0 Å². The summed E-state index contributed by atoms with van der Waals surface area (Å²) < 4.78 is 0. The molecule has 1 aliphatic carbocycles. The van der Waals surface area contributed by atoms with Crippen LogP contribution in [0.15, 0.2) is 24.5 Å². The molecule has 29 heavy (non-hydrogen) atoms. The van der Waals surface area contributed by atoms with Crippen LogP contribution >= 0.6 is 0 Å². The highest BCUT2D eigenvalue weighted by atomic mass is 16.1. The van der Waals surface area contributed by atoms with Crippen LogP contribution in [0.25, 0.3) is 0 Å². The Balaban J connectivity index is 1.22. The molecule has 1 unspecified atom stereocenters. The number of pyridine rings is 1. The lowest BCUT2D eigenvalue weighted by Crippen LogP contribution is -2.51. The number of hydrogen-bond donors (Lipinski definition) is 1. The zero-order valence-corrected chi connectivity index (χ0v) is 18.3. The fourth-order valence-electron chi connectivity index (χ4n) is 5.27. The highest BCUT2D eigenvalue weighted by molar-refractivity contribution is 5.79. The quantitative estimate of drug-likeness (QED) is 0.766. The van der Waals surface area contributed by atoms with Gasteiger partial charge < -0.3 is 5.32 Å². The molecule has 2 saturated heterocycles. The first-order valence-corrected chi connectivity index (χ1v) is 11.7.